The lowest BCUT2D eigenvalue weighted by atomic mass is 10.1. The van der Waals surface area contributed by atoms with Gasteiger partial charge in [-0.15, -0.1) is 0 Å². The molecule has 8 nitrogen and oxygen atoms in total. The topological polar surface area (TPSA) is 105 Å². The highest BCUT2D eigenvalue weighted by atomic mass is 16.3. The molecule has 0 radical (unpaired) electrons. The van der Waals surface area contributed by atoms with Crippen molar-refractivity contribution in [1.82, 2.24) is 15.5 Å². The zero-order chi connectivity index (χ0) is 23.1. The van der Waals surface area contributed by atoms with Crippen molar-refractivity contribution in [3.8, 4) is 0 Å². The molecule has 0 saturated heterocycles. The van der Waals surface area contributed by atoms with Crippen LogP contribution in [0.15, 0.2) is 39.4 Å². The average molecular weight is 444 g/mol. The van der Waals surface area contributed by atoms with Gasteiger partial charge in [0.2, 0.25) is 5.91 Å². The van der Waals surface area contributed by atoms with E-state index in [0.29, 0.717) is 30.4 Å². The molecule has 1 fully saturated rings. The summed E-state index contributed by atoms with van der Waals surface area (Å²) in [6, 6.07) is 5.88. The van der Waals surface area contributed by atoms with Crippen LogP contribution in [0.3, 0.4) is 0 Å². The zero-order valence-electron chi connectivity index (χ0n) is 19.1. The molecule has 3 amide bonds. The Morgan fingerprint density at radius 3 is 2.50 bits per heavy atom. The van der Waals surface area contributed by atoms with Crippen LogP contribution in [0.25, 0.3) is 0 Å². The van der Waals surface area contributed by atoms with Crippen molar-refractivity contribution in [1.29, 1.82) is 0 Å². The van der Waals surface area contributed by atoms with E-state index in [1.807, 2.05) is 0 Å². The van der Waals surface area contributed by atoms with E-state index >= 15 is 0 Å². The fourth-order valence-electron chi connectivity index (χ4n) is 3.92. The van der Waals surface area contributed by atoms with E-state index in [-0.39, 0.29) is 30.2 Å². The highest BCUT2D eigenvalue weighted by molar-refractivity contribution is 5.95. The van der Waals surface area contributed by atoms with Gasteiger partial charge < -0.3 is 24.4 Å². The maximum absolute atomic E-state index is 13.4. The third kappa shape index (κ3) is 6.24. The predicted molar refractivity (Wildman–Crippen MR) is 119 cm³/mol. The van der Waals surface area contributed by atoms with Crippen molar-refractivity contribution >= 4 is 17.7 Å². The van der Waals surface area contributed by atoms with Crippen LogP contribution >= 0.6 is 0 Å². The monoisotopic (exact) mass is 443 g/mol. The second kappa shape index (κ2) is 11.0. The van der Waals surface area contributed by atoms with Crippen LogP contribution in [0.5, 0.6) is 0 Å². The zero-order valence-corrected chi connectivity index (χ0v) is 19.1. The van der Waals surface area contributed by atoms with Gasteiger partial charge in [-0.05, 0) is 56.4 Å². The van der Waals surface area contributed by atoms with Crippen molar-refractivity contribution in [3.05, 3.63) is 47.8 Å². The molecule has 174 valence electrons. The number of nitrogens with one attached hydrogen (secondary N) is 2. The van der Waals surface area contributed by atoms with Gasteiger partial charge in [-0.3, -0.25) is 14.4 Å². The Kier molecular flexibility index (Phi) is 8.14. The maximum atomic E-state index is 13.4. The lowest BCUT2D eigenvalue weighted by Crippen LogP contribution is -2.49. The summed E-state index contributed by atoms with van der Waals surface area (Å²) >= 11 is 0. The fourth-order valence-corrected chi connectivity index (χ4v) is 3.92. The third-order valence-electron chi connectivity index (χ3n) is 5.71. The SMILES string of the molecule is Cc1ccc(C(C(=O)NC2CCCC2)N(CCC(C)C)C(=O)CNC(=O)c2ccco2)o1. The van der Waals surface area contributed by atoms with Crippen LogP contribution in [-0.4, -0.2) is 41.8 Å². The van der Waals surface area contributed by atoms with Crippen molar-refractivity contribution in [2.75, 3.05) is 13.1 Å². The lowest BCUT2D eigenvalue weighted by molar-refractivity contribution is -0.141. The largest absolute Gasteiger partial charge is 0.464 e. The predicted octanol–water partition coefficient (Wildman–Crippen LogP) is 3.59. The van der Waals surface area contributed by atoms with E-state index in [1.165, 1.54) is 17.2 Å². The summed E-state index contributed by atoms with van der Waals surface area (Å²) in [5, 5.41) is 5.69. The molecule has 32 heavy (non-hydrogen) atoms. The number of nitrogens with zero attached hydrogens (tertiary/aromatic N) is 1. The van der Waals surface area contributed by atoms with Crippen LogP contribution in [-0.2, 0) is 9.59 Å². The first-order chi connectivity index (χ1) is 15.3. The summed E-state index contributed by atoms with van der Waals surface area (Å²) in [5.41, 5.74) is 0. The number of hydrogen-bond acceptors (Lipinski definition) is 5. The molecular formula is C24H33N3O5. The van der Waals surface area contributed by atoms with E-state index in [9.17, 15) is 14.4 Å². The van der Waals surface area contributed by atoms with Gasteiger partial charge in [0.25, 0.3) is 11.8 Å². The fraction of sp³-hybridized carbons (Fsp3) is 0.542. The summed E-state index contributed by atoms with van der Waals surface area (Å²) < 4.78 is 10.9. The number of amides is 3. The molecule has 0 aromatic carbocycles. The van der Waals surface area contributed by atoms with Gasteiger partial charge in [-0.25, -0.2) is 0 Å². The quantitative estimate of drug-likeness (QED) is 0.584. The minimum absolute atomic E-state index is 0.113. The van der Waals surface area contributed by atoms with Crippen molar-refractivity contribution < 1.29 is 23.2 Å². The van der Waals surface area contributed by atoms with Gasteiger partial charge >= 0.3 is 0 Å². The van der Waals surface area contributed by atoms with E-state index in [4.69, 9.17) is 8.83 Å². The van der Waals surface area contributed by atoms with E-state index in [0.717, 1.165) is 25.7 Å². The first-order valence-electron chi connectivity index (χ1n) is 11.3. The first-order valence-corrected chi connectivity index (χ1v) is 11.3. The van der Waals surface area contributed by atoms with Gasteiger partial charge in [-0.1, -0.05) is 26.7 Å². The Labute approximate surface area is 188 Å². The second-order valence-electron chi connectivity index (χ2n) is 8.77. The number of hydrogen-bond donors (Lipinski definition) is 2. The Hall–Kier alpha value is -3.03. The lowest BCUT2D eigenvalue weighted by Gasteiger charge is -2.31. The number of aryl methyl sites for hydroxylation is 1. The van der Waals surface area contributed by atoms with Gasteiger partial charge in [0, 0.05) is 12.6 Å². The molecule has 1 atom stereocenters. The molecular weight excluding hydrogens is 410 g/mol. The summed E-state index contributed by atoms with van der Waals surface area (Å²) in [6.45, 7) is 6.05. The molecule has 2 aromatic heterocycles. The van der Waals surface area contributed by atoms with E-state index in [2.05, 4.69) is 24.5 Å². The van der Waals surface area contributed by atoms with Crippen molar-refractivity contribution in [2.24, 2.45) is 5.92 Å². The summed E-state index contributed by atoms with van der Waals surface area (Å²) in [7, 11) is 0. The van der Waals surface area contributed by atoms with Crippen molar-refractivity contribution in [3.63, 3.8) is 0 Å². The molecule has 1 unspecified atom stereocenters. The highest BCUT2D eigenvalue weighted by Gasteiger charge is 2.35. The minimum atomic E-state index is -0.893. The first kappa shape index (κ1) is 23.6. The molecule has 8 heteroatoms. The number of rotatable bonds is 10. The standard InChI is InChI=1S/C24H33N3O5/c1-16(2)12-13-27(21(28)15-25-23(29)20-9-6-14-31-20)22(19-11-10-17(3)32-19)24(30)26-18-7-4-5-8-18/h6,9-11,14,16,18,22H,4-5,7-8,12-13,15H2,1-3H3,(H,25,29)(H,26,30). The van der Waals surface area contributed by atoms with Gasteiger partial charge in [0.05, 0.1) is 12.8 Å². The summed E-state index contributed by atoms with van der Waals surface area (Å²) in [6.07, 6.45) is 6.16. The number of carbonyl (C=O) groups is 3. The molecule has 1 saturated carbocycles. The smallest absolute Gasteiger partial charge is 0.287 e. The van der Waals surface area contributed by atoms with Gasteiger partial charge in [0.15, 0.2) is 11.8 Å². The van der Waals surface area contributed by atoms with E-state index < -0.39 is 11.9 Å². The number of carbonyl (C=O) groups excluding carboxylic acids is 3. The molecule has 2 N–H and O–H groups in total. The summed E-state index contributed by atoms with van der Waals surface area (Å²) in [4.78, 5) is 40.4. The Morgan fingerprint density at radius 2 is 1.91 bits per heavy atom. The Balaban J connectivity index is 1.80. The maximum Gasteiger partial charge on any atom is 0.287 e. The minimum Gasteiger partial charge on any atom is -0.464 e. The van der Waals surface area contributed by atoms with Crippen LogP contribution in [0.2, 0.25) is 0 Å². The molecule has 0 spiro atoms. The van der Waals surface area contributed by atoms with Crippen LogP contribution in [0, 0.1) is 12.8 Å². The molecule has 0 aliphatic heterocycles. The van der Waals surface area contributed by atoms with Crippen LogP contribution < -0.4 is 10.6 Å². The molecule has 1 aliphatic carbocycles. The molecule has 3 rings (SSSR count). The second-order valence-corrected chi connectivity index (χ2v) is 8.77. The van der Waals surface area contributed by atoms with Gasteiger partial charge in [0.1, 0.15) is 11.5 Å². The van der Waals surface area contributed by atoms with Crippen LogP contribution in [0.4, 0.5) is 0 Å². The highest BCUT2D eigenvalue weighted by Crippen LogP contribution is 2.26. The average Bonchev–Trinajstić information content (AvgIpc) is 3.52. The van der Waals surface area contributed by atoms with Crippen molar-refractivity contribution in [2.45, 2.75) is 65.0 Å². The van der Waals surface area contributed by atoms with Crippen LogP contribution in [0.1, 0.15) is 74.1 Å². The van der Waals surface area contributed by atoms with E-state index in [1.54, 1.807) is 25.1 Å². The third-order valence-corrected chi connectivity index (χ3v) is 5.71. The molecule has 2 aromatic rings. The Morgan fingerprint density at radius 1 is 1.16 bits per heavy atom. The number of furan rings is 2. The molecule has 2 heterocycles. The molecule has 0 bridgehead atoms. The van der Waals surface area contributed by atoms with Gasteiger partial charge in [-0.2, -0.15) is 0 Å². The normalized spacial score (nSPS) is 15.0. The molecule has 1 aliphatic rings. The summed E-state index contributed by atoms with van der Waals surface area (Å²) in [5.74, 6) is 0.469. The Bertz CT molecular complexity index is 897.